The second-order valence-electron chi connectivity index (χ2n) is 7.49. The average Bonchev–Trinajstić information content (AvgIpc) is 2.71. The van der Waals surface area contributed by atoms with Gasteiger partial charge in [0.25, 0.3) is 0 Å². The van der Waals surface area contributed by atoms with Gasteiger partial charge in [0.1, 0.15) is 5.82 Å². The molecule has 2 aromatic carbocycles. The van der Waals surface area contributed by atoms with Crippen molar-refractivity contribution < 1.29 is 14.0 Å². The van der Waals surface area contributed by atoms with E-state index in [0.29, 0.717) is 44.2 Å². The second-order valence-corrected chi connectivity index (χ2v) is 7.49. The largest absolute Gasteiger partial charge is 0.356 e. The molecule has 1 aliphatic rings. The summed E-state index contributed by atoms with van der Waals surface area (Å²) >= 11 is 0. The fraction of sp³-hybridized carbons (Fsp3) is 0.391. The first-order valence-corrected chi connectivity index (χ1v) is 9.92. The fourth-order valence-corrected chi connectivity index (χ4v) is 3.73. The normalized spacial score (nSPS) is 19.1. The number of rotatable bonds is 6. The lowest BCUT2D eigenvalue weighted by Gasteiger charge is -2.27. The van der Waals surface area contributed by atoms with Gasteiger partial charge in [-0.2, -0.15) is 0 Å². The number of carbonyl (C=O) groups is 2. The molecule has 0 radical (unpaired) electrons. The Balaban J connectivity index is 1.42. The monoisotopic (exact) mass is 382 g/mol. The zero-order chi connectivity index (χ0) is 19.9. The quantitative estimate of drug-likeness (QED) is 0.785. The molecular weight excluding hydrogens is 355 g/mol. The van der Waals surface area contributed by atoms with Crippen LogP contribution < -0.4 is 10.6 Å². The zero-order valence-electron chi connectivity index (χ0n) is 16.2. The Morgan fingerprint density at radius 3 is 2.21 bits per heavy atom. The van der Waals surface area contributed by atoms with Gasteiger partial charge in [0.15, 0.2) is 0 Å². The number of hydrogen-bond acceptors (Lipinski definition) is 2. The first-order chi connectivity index (χ1) is 13.5. The predicted octanol–water partition coefficient (Wildman–Crippen LogP) is 4.24. The Labute approximate surface area is 165 Å². The summed E-state index contributed by atoms with van der Waals surface area (Å²) < 4.78 is 13.6. The summed E-state index contributed by atoms with van der Waals surface area (Å²) in [4.78, 5) is 24.9. The van der Waals surface area contributed by atoms with E-state index >= 15 is 0 Å². The van der Waals surface area contributed by atoms with Crippen LogP contribution in [0.2, 0.25) is 0 Å². The molecule has 1 fully saturated rings. The molecule has 3 rings (SSSR count). The lowest BCUT2D eigenvalue weighted by molar-refractivity contribution is -0.128. The van der Waals surface area contributed by atoms with Crippen LogP contribution in [0.4, 0.5) is 10.1 Å². The number of hydrogen-bond donors (Lipinski definition) is 2. The first kappa shape index (κ1) is 20.1. The van der Waals surface area contributed by atoms with Crippen LogP contribution in [0.1, 0.15) is 36.8 Å². The molecule has 2 amide bonds. The van der Waals surface area contributed by atoms with Crippen molar-refractivity contribution in [2.75, 3.05) is 11.9 Å². The van der Waals surface area contributed by atoms with Gasteiger partial charge in [-0.05, 0) is 62.3 Å². The molecule has 0 saturated heterocycles. The maximum absolute atomic E-state index is 13.6. The lowest BCUT2D eigenvalue weighted by Crippen LogP contribution is -2.36. The topological polar surface area (TPSA) is 58.2 Å². The highest BCUT2D eigenvalue weighted by Gasteiger charge is 2.30. The summed E-state index contributed by atoms with van der Waals surface area (Å²) in [5.74, 6) is -0.316. The number of benzene rings is 2. The van der Waals surface area contributed by atoms with Crippen LogP contribution in [0.3, 0.4) is 0 Å². The van der Waals surface area contributed by atoms with Gasteiger partial charge in [-0.1, -0.05) is 36.4 Å². The van der Waals surface area contributed by atoms with E-state index < -0.39 is 0 Å². The third kappa shape index (κ3) is 5.18. The Morgan fingerprint density at radius 1 is 0.929 bits per heavy atom. The molecule has 0 bridgehead atoms. The van der Waals surface area contributed by atoms with Gasteiger partial charge in [0.2, 0.25) is 11.8 Å². The number of amides is 2. The second kappa shape index (κ2) is 9.49. The van der Waals surface area contributed by atoms with Crippen molar-refractivity contribution >= 4 is 17.5 Å². The van der Waals surface area contributed by atoms with E-state index in [2.05, 4.69) is 10.6 Å². The minimum atomic E-state index is -0.239. The Kier molecular flexibility index (Phi) is 6.80. The van der Waals surface area contributed by atoms with E-state index in [1.807, 2.05) is 31.2 Å². The van der Waals surface area contributed by atoms with E-state index in [1.54, 1.807) is 18.2 Å². The molecule has 0 aromatic heterocycles. The summed E-state index contributed by atoms with van der Waals surface area (Å²) in [5, 5.41) is 5.92. The minimum Gasteiger partial charge on any atom is -0.356 e. The SMILES string of the molecule is Cc1ccccc1NC(=O)C1CCC(C(=O)NCCc2ccccc2F)CC1. The zero-order valence-corrected chi connectivity index (χ0v) is 16.2. The third-order valence-corrected chi connectivity index (χ3v) is 5.52. The van der Waals surface area contributed by atoms with Crippen molar-refractivity contribution in [3.8, 4) is 0 Å². The van der Waals surface area contributed by atoms with Crippen molar-refractivity contribution in [3.63, 3.8) is 0 Å². The molecule has 5 heteroatoms. The molecule has 1 aliphatic carbocycles. The van der Waals surface area contributed by atoms with E-state index in [9.17, 15) is 14.0 Å². The van der Waals surface area contributed by atoms with E-state index in [1.165, 1.54) is 6.07 Å². The predicted molar refractivity (Wildman–Crippen MR) is 108 cm³/mol. The smallest absolute Gasteiger partial charge is 0.227 e. The number of nitrogens with one attached hydrogen (secondary N) is 2. The molecule has 0 heterocycles. The average molecular weight is 382 g/mol. The van der Waals surface area contributed by atoms with Crippen LogP contribution in [0.15, 0.2) is 48.5 Å². The van der Waals surface area contributed by atoms with Crippen LogP contribution >= 0.6 is 0 Å². The fourth-order valence-electron chi connectivity index (χ4n) is 3.73. The first-order valence-electron chi connectivity index (χ1n) is 9.92. The Bertz CT molecular complexity index is 829. The molecule has 4 nitrogen and oxygen atoms in total. The maximum Gasteiger partial charge on any atom is 0.227 e. The van der Waals surface area contributed by atoms with Crippen molar-refractivity contribution in [3.05, 3.63) is 65.5 Å². The van der Waals surface area contributed by atoms with Crippen molar-refractivity contribution in [1.82, 2.24) is 5.32 Å². The van der Waals surface area contributed by atoms with Gasteiger partial charge in [-0.3, -0.25) is 9.59 Å². The summed E-state index contributed by atoms with van der Waals surface area (Å²) in [7, 11) is 0. The summed E-state index contributed by atoms with van der Waals surface area (Å²) in [5.41, 5.74) is 2.50. The van der Waals surface area contributed by atoms with Crippen LogP contribution in [0, 0.1) is 24.6 Å². The Morgan fingerprint density at radius 2 is 1.54 bits per heavy atom. The highest BCUT2D eigenvalue weighted by molar-refractivity contribution is 5.93. The summed E-state index contributed by atoms with van der Waals surface area (Å²) in [6.07, 6.45) is 3.31. The maximum atomic E-state index is 13.6. The van der Waals surface area contributed by atoms with Gasteiger partial charge in [0.05, 0.1) is 0 Å². The number of aryl methyl sites for hydroxylation is 1. The molecule has 2 N–H and O–H groups in total. The third-order valence-electron chi connectivity index (χ3n) is 5.52. The van der Waals surface area contributed by atoms with Gasteiger partial charge in [0, 0.05) is 24.1 Å². The highest BCUT2D eigenvalue weighted by atomic mass is 19.1. The number of carbonyl (C=O) groups excluding carboxylic acids is 2. The van der Waals surface area contributed by atoms with Gasteiger partial charge < -0.3 is 10.6 Å². The molecule has 148 valence electrons. The van der Waals surface area contributed by atoms with Crippen LogP contribution in [0.5, 0.6) is 0 Å². The molecule has 0 aliphatic heterocycles. The molecule has 0 atom stereocenters. The van der Waals surface area contributed by atoms with E-state index in [4.69, 9.17) is 0 Å². The molecule has 0 unspecified atom stereocenters. The molecule has 2 aromatic rings. The number of anilines is 1. The minimum absolute atomic E-state index is 0.00843. The highest BCUT2D eigenvalue weighted by Crippen LogP contribution is 2.30. The summed E-state index contributed by atoms with van der Waals surface area (Å²) in [6, 6.07) is 14.3. The van der Waals surface area contributed by atoms with Crippen LogP contribution in [-0.4, -0.2) is 18.4 Å². The van der Waals surface area contributed by atoms with E-state index in [0.717, 1.165) is 11.3 Å². The van der Waals surface area contributed by atoms with Gasteiger partial charge in [-0.25, -0.2) is 4.39 Å². The molecule has 28 heavy (non-hydrogen) atoms. The molecular formula is C23H27FN2O2. The van der Waals surface area contributed by atoms with Gasteiger partial charge >= 0.3 is 0 Å². The molecule has 1 saturated carbocycles. The lowest BCUT2D eigenvalue weighted by atomic mass is 9.81. The number of para-hydroxylation sites is 1. The van der Waals surface area contributed by atoms with Crippen LogP contribution in [-0.2, 0) is 16.0 Å². The van der Waals surface area contributed by atoms with Crippen molar-refractivity contribution in [2.24, 2.45) is 11.8 Å². The number of halogens is 1. The van der Waals surface area contributed by atoms with Crippen molar-refractivity contribution in [2.45, 2.75) is 39.0 Å². The summed E-state index contributed by atoms with van der Waals surface area (Å²) in [6.45, 7) is 2.39. The molecule has 0 spiro atoms. The Hall–Kier alpha value is -2.69. The van der Waals surface area contributed by atoms with Crippen LogP contribution in [0.25, 0.3) is 0 Å². The van der Waals surface area contributed by atoms with Gasteiger partial charge in [-0.15, -0.1) is 0 Å². The standard InChI is InChI=1S/C23H27FN2O2/c1-16-6-2-5-9-21(16)26-23(28)19-12-10-18(11-13-19)22(27)25-15-14-17-7-3-4-8-20(17)24/h2-9,18-19H,10-15H2,1H3,(H,25,27)(H,26,28). The van der Waals surface area contributed by atoms with Crippen molar-refractivity contribution in [1.29, 1.82) is 0 Å². The van der Waals surface area contributed by atoms with E-state index in [-0.39, 0.29) is 29.5 Å².